The smallest absolute Gasteiger partial charge is 0.305 e. The molecule has 0 unspecified atom stereocenters. The van der Waals surface area contributed by atoms with E-state index in [9.17, 15) is 43.8 Å². The molecule has 0 radical (unpaired) electrons. The van der Waals surface area contributed by atoms with E-state index in [-0.39, 0.29) is 74.1 Å². The molecule has 2 saturated carbocycles. The Balaban J connectivity index is 1.11. The zero-order valence-electron chi connectivity index (χ0n) is 38.7. The van der Waals surface area contributed by atoms with Crippen LogP contribution < -0.4 is 38.1 Å². The van der Waals surface area contributed by atoms with Gasteiger partial charge in [-0.3, -0.25) is 33.6 Å². The number of carboxylic acid groups (broad SMARTS) is 2. The van der Waals surface area contributed by atoms with Crippen molar-refractivity contribution in [3.63, 3.8) is 0 Å². The minimum atomic E-state index is -1.19. The number of aromatic nitrogens is 2. The molecule has 8 atom stereocenters. The van der Waals surface area contributed by atoms with Crippen LogP contribution in [0.1, 0.15) is 114 Å². The second-order valence-corrected chi connectivity index (χ2v) is 18.8. The molecule has 0 spiro atoms. The fraction of sp³-hybridized carbons (Fsp3) is 0.540. The van der Waals surface area contributed by atoms with E-state index in [2.05, 4.69) is 36.6 Å². The van der Waals surface area contributed by atoms with Crippen LogP contribution in [0.4, 0.5) is 0 Å². The SMILES string of the molecule is NCCC[C@@H](CC(=O)N[C@@H]1CCCC[C@H]1C(=O)N[C@H](CC(=O)N[C@@H](CCC(=O)O)CC(=O)O)Cc1c[nH]c2ccccc12)NC(=O)C[C@H](Cc1c[nH]c2ccccc12)NC(=O)[C@@H]1CCCC[C@H]1N. The molecule has 368 valence electrons. The number of rotatable bonds is 25. The van der Waals surface area contributed by atoms with Crippen LogP contribution in [0, 0.1) is 11.8 Å². The molecule has 2 heterocycles. The van der Waals surface area contributed by atoms with Crippen molar-refractivity contribution in [2.75, 3.05) is 6.54 Å². The van der Waals surface area contributed by atoms with Crippen LogP contribution in [-0.4, -0.2) is 104 Å². The molecular weight excluding hydrogens is 871 g/mol. The molecular formula is C50H69N9O9. The van der Waals surface area contributed by atoms with Crippen LogP contribution in [-0.2, 0) is 46.4 Å². The number of aromatic amines is 2. The van der Waals surface area contributed by atoms with Gasteiger partial charge in [0.05, 0.1) is 18.3 Å². The fourth-order valence-electron chi connectivity index (χ4n) is 10.0. The number of hydrogen-bond donors (Lipinski definition) is 11. The van der Waals surface area contributed by atoms with Crippen LogP contribution >= 0.6 is 0 Å². The highest BCUT2D eigenvalue weighted by Gasteiger charge is 2.35. The summed E-state index contributed by atoms with van der Waals surface area (Å²) in [6.45, 7) is 0.347. The predicted octanol–water partition coefficient (Wildman–Crippen LogP) is 3.81. The molecule has 5 amide bonds. The van der Waals surface area contributed by atoms with Crippen LogP contribution in [0.2, 0.25) is 0 Å². The molecule has 18 nitrogen and oxygen atoms in total. The van der Waals surface area contributed by atoms with Gasteiger partial charge in [-0.1, -0.05) is 62.1 Å². The monoisotopic (exact) mass is 940 g/mol. The Hall–Kier alpha value is -6.27. The topological polar surface area (TPSA) is 304 Å². The lowest BCUT2D eigenvalue weighted by molar-refractivity contribution is -0.140. The lowest BCUT2D eigenvalue weighted by Gasteiger charge is -2.33. The maximum absolute atomic E-state index is 14.3. The van der Waals surface area contributed by atoms with Crippen molar-refractivity contribution in [1.82, 2.24) is 36.6 Å². The van der Waals surface area contributed by atoms with Crippen molar-refractivity contribution in [2.24, 2.45) is 23.3 Å². The number of fused-ring (bicyclic) bond motifs is 2. The highest BCUT2D eigenvalue weighted by Crippen LogP contribution is 2.28. The molecule has 4 aromatic rings. The lowest BCUT2D eigenvalue weighted by atomic mass is 9.83. The molecule has 2 aromatic heterocycles. The third-order valence-electron chi connectivity index (χ3n) is 13.5. The third kappa shape index (κ3) is 15.1. The number of carboxylic acids is 2. The van der Waals surface area contributed by atoms with Crippen molar-refractivity contribution in [3.05, 3.63) is 72.1 Å². The van der Waals surface area contributed by atoms with E-state index in [0.29, 0.717) is 45.1 Å². The van der Waals surface area contributed by atoms with Crippen molar-refractivity contribution >= 4 is 63.3 Å². The summed E-state index contributed by atoms with van der Waals surface area (Å²) in [5, 5.41) is 35.6. The van der Waals surface area contributed by atoms with Gasteiger partial charge in [0, 0.05) is 96.1 Å². The van der Waals surface area contributed by atoms with E-state index in [1.54, 1.807) is 0 Å². The summed E-state index contributed by atoms with van der Waals surface area (Å²) in [7, 11) is 0. The highest BCUT2D eigenvalue weighted by atomic mass is 16.4. The van der Waals surface area contributed by atoms with E-state index in [0.717, 1.165) is 65.0 Å². The first kappa shape index (κ1) is 51.1. The Morgan fingerprint density at radius 2 is 1.09 bits per heavy atom. The van der Waals surface area contributed by atoms with Crippen LogP contribution in [0.5, 0.6) is 0 Å². The van der Waals surface area contributed by atoms with E-state index in [4.69, 9.17) is 11.5 Å². The normalized spacial score (nSPS) is 20.1. The molecule has 0 saturated heterocycles. The van der Waals surface area contributed by atoms with E-state index in [1.165, 1.54) is 0 Å². The van der Waals surface area contributed by atoms with Gasteiger partial charge < -0.3 is 58.2 Å². The Labute approximate surface area is 396 Å². The molecule has 68 heavy (non-hydrogen) atoms. The number of nitrogens with two attached hydrogens (primary N) is 2. The summed E-state index contributed by atoms with van der Waals surface area (Å²) in [6, 6.07) is 11.9. The zero-order valence-corrected chi connectivity index (χ0v) is 38.7. The molecule has 2 aliphatic rings. The second-order valence-electron chi connectivity index (χ2n) is 18.8. The number of nitrogens with one attached hydrogen (secondary N) is 7. The van der Waals surface area contributed by atoms with Gasteiger partial charge >= 0.3 is 11.9 Å². The van der Waals surface area contributed by atoms with Crippen molar-refractivity contribution in [3.8, 4) is 0 Å². The summed E-state index contributed by atoms with van der Waals surface area (Å²) in [4.78, 5) is 98.4. The number of H-pyrrole nitrogens is 2. The third-order valence-corrected chi connectivity index (χ3v) is 13.5. The summed E-state index contributed by atoms with van der Waals surface area (Å²) < 4.78 is 0. The molecule has 13 N–H and O–H groups in total. The molecule has 2 fully saturated rings. The van der Waals surface area contributed by atoms with Crippen LogP contribution in [0.3, 0.4) is 0 Å². The number of para-hydroxylation sites is 2. The summed E-state index contributed by atoms with van der Waals surface area (Å²) in [5.74, 6) is -4.97. The van der Waals surface area contributed by atoms with Gasteiger partial charge in [0.2, 0.25) is 29.5 Å². The molecule has 0 aliphatic heterocycles. The molecule has 0 bridgehead atoms. The quantitative estimate of drug-likeness (QED) is 0.0454. The number of amides is 5. The highest BCUT2D eigenvalue weighted by molar-refractivity contribution is 5.87. The van der Waals surface area contributed by atoms with E-state index >= 15 is 0 Å². The van der Waals surface area contributed by atoms with Gasteiger partial charge in [0.15, 0.2) is 0 Å². The summed E-state index contributed by atoms with van der Waals surface area (Å²) in [5.41, 5.74) is 15.9. The number of hydrogen-bond acceptors (Lipinski definition) is 9. The Morgan fingerprint density at radius 3 is 1.63 bits per heavy atom. The van der Waals surface area contributed by atoms with Crippen LogP contribution in [0.25, 0.3) is 21.8 Å². The molecule has 18 heteroatoms. The second kappa shape index (κ2) is 25.2. The number of aliphatic carboxylic acids is 2. The number of carbonyl (C=O) groups is 7. The predicted molar refractivity (Wildman–Crippen MR) is 257 cm³/mol. The Morgan fingerprint density at radius 1 is 0.588 bits per heavy atom. The van der Waals surface area contributed by atoms with Gasteiger partial charge in [0.25, 0.3) is 0 Å². The van der Waals surface area contributed by atoms with Gasteiger partial charge in [-0.25, -0.2) is 0 Å². The Bertz CT molecular complexity index is 2360. The maximum atomic E-state index is 14.3. The van der Waals surface area contributed by atoms with E-state index in [1.807, 2.05) is 60.9 Å². The maximum Gasteiger partial charge on any atom is 0.305 e. The molecule has 2 aliphatic carbocycles. The van der Waals surface area contributed by atoms with Gasteiger partial charge in [-0.15, -0.1) is 0 Å². The standard InChI is InChI=1S/C50H69N9O9/c51-21-9-10-32(55-44(60)25-34(57-49(67)38-13-1-5-15-40(38)52)22-30-28-53-41-16-6-2-11-36(30)41)24-46(62)59-43-18-8-4-14-39(43)50(68)58-35(23-31-29-54-42-17-7-3-12-37(31)42)26-45(61)56-33(27-48(65)66)19-20-47(63)64/h2-3,6-7,11-12,16-17,28-29,32-35,38-40,43,53-54H,1,4-5,8-10,13-15,18-27,51-52H2,(H,55,60)(H,56,61)(H,57,67)(H,58,68)(H,59,62)(H,63,64)(H,65,66)/t32-,33-,34-,35-,38+,39+,40+,43+/m0/s1. The summed E-state index contributed by atoms with van der Waals surface area (Å²) >= 11 is 0. The fourth-order valence-corrected chi connectivity index (χ4v) is 10.0. The minimum absolute atomic E-state index is 0.0287. The van der Waals surface area contributed by atoms with Crippen molar-refractivity contribution < 1.29 is 43.8 Å². The first-order chi connectivity index (χ1) is 32.8. The van der Waals surface area contributed by atoms with E-state index < -0.39 is 60.4 Å². The summed E-state index contributed by atoms with van der Waals surface area (Å²) in [6.07, 6.45) is 10.1. The first-order valence-electron chi connectivity index (χ1n) is 24.2. The van der Waals surface area contributed by atoms with Gasteiger partial charge in [-0.05, 0) is 87.6 Å². The molecule has 6 rings (SSSR count). The Kier molecular flexibility index (Phi) is 18.9. The van der Waals surface area contributed by atoms with Gasteiger partial charge in [0.1, 0.15) is 0 Å². The van der Waals surface area contributed by atoms with Gasteiger partial charge in [-0.2, -0.15) is 0 Å². The number of carbonyl (C=O) groups excluding carboxylic acids is 5. The molecule has 2 aromatic carbocycles. The van der Waals surface area contributed by atoms with Crippen molar-refractivity contribution in [1.29, 1.82) is 0 Å². The average molecular weight is 940 g/mol. The number of benzene rings is 2. The van der Waals surface area contributed by atoms with Crippen molar-refractivity contribution in [2.45, 2.75) is 152 Å². The average Bonchev–Trinajstić information content (AvgIpc) is 3.90. The van der Waals surface area contributed by atoms with Crippen LogP contribution in [0.15, 0.2) is 60.9 Å². The first-order valence-corrected chi connectivity index (χ1v) is 24.2. The zero-order chi connectivity index (χ0) is 48.6. The lowest BCUT2D eigenvalue weighted by Crippen LogP contribution is -2.52. The minimum Gasteiger partial charge on any atom is -0.481 e. The largest absolute Gasteiger partial charge is 0.481 e.